The molecule has 4 rings (SSSR count). The Balaban J connectivity index is 1.77. The molecule has 2 heterocycles. The first-order chi connectivity index (χ1) is 12.1. The van der Waals surface area contributed by atoms with E-state index < -0.39 is 15.7 Å². The standard InChI is InChI=1S/C18H20N2O4S/c1-23-14-6-8-15(9-7-14)25(21,22)20-12-10-18(19-11-13-24-18)16-4-2-3-5-17(16)20/h2-9,19H,10-13H2,1H3/t18-/m1/s1. The van der Waals surface area contributed by atoms with E-state index in [1.807, 2.05) is 24.3 Å². The lowest BCUT2D eigenvalue weighted by Crippen LogP contribution is -2.48. The third-order valence-electron chi connectivity index (χ3n) is 4.78. The number of methoxy groups -OCH3 is 1. The molecule has 2 aromatic rings. The van der Waals surface area contributed by atoms with Crippen LogP contribution in [0.1, 0.15) is 12.0 Å². The molecule has 0 saturated carbocycles. The van der Waals surface area contributed by atoms with Crippen molar-refractivity contribution in [3.05, 3.63) is 54.1 Å². The molecule has 1 saturated heterocycles. The van der Waals surface area contributed by atoms with Crippen molar-refractivity contribution in [1.29, 1.82) is 0 Å². The fourth-order valence-electron chi connectivity index (χ4n) is 3.53. The van der Waals surface area contributed by atoms with Crippen molar-refractivity contribution < 1.29 is 17.9 Å². The van der Waals surface area contributed by atoms with E-state index in [2.05, 4.69) is 5.32 Å². The number of benzene rings is 2. The molecule has 0 bridgehead atoms. The van der Waals surface area contributed by atoms with Gasteiger partial charge in [-0.3, -0.25) is 9.62 Å². The van der Waals surface area contributed by atoms with Crippen molar-refractivity contribution in [3.63, 3.8) is 0 Å². The summed E-state index contributed by atoms with van der Waals surface area (Å²) in [4.78, 5) is 0.249. The first kappa shape index (κ1) is 16.4. The molecule has 2 aliphatic rings. The molecular weight excluding hydrogens is 340 g/mol. The van der Waals surface area contributed by atoms with Gasteiger partial charge in [0.05, 0.1) is 24.3 Å². The Bertz CT molecular complexity index is 874. The van der Waals surface area contributed by atoms with Gasteiger partial charge in [-0.25, -0.2) is 8.42 Å². The van der Waals surface area contributed by atoms with Gasteiger partial charge in [0.2, 0.25) is 0 Å². The van der Waals surface area contributed by atoms with Gasteiger partial charge < -0.3 is 9.47 Å². The Morgan fingerprint density at radius 3 is 2.60 bits per heavy atom. The summed E-state index contributed by atoms with van der Waals surface area (Å²) in [5.41, 5.74) is 0.956. The first-order valence-corrected chi connectivity index (χ1v) is 9.66. The highest BCUT2D eigenvalue weighted by molar-refractivity contribution is 7.92. The Labute approximate surface area is 147 Å². The fraction of sp³-hybridized carbons (Fsp3) is 0.333. The van der Waals surface area contributed by atoms with Crippen LogP contribution >= 0.6 is 0 Å². The van der Waals surface area contributed by atoms with E-state index >= 15 is 0 Å². The maximum absolute atomic E-state index is 13.2. The van der Waals surface area contributed by atoms with Crippen LogP contribution in [-0.4, -0.2) is 35.2 Å². The summed E-state index contributed by atoms with van der Waals surface area (Å²) in [6.07, 6.45) is 0.569. The van der Waals surface area contributed by atoms with E-state index in [-0.39, 0.29) is 4.90 Å². The molecule has 1 spiro atoms. The lowest BCUT2D eigenvalue weighted by molar-refractivity contribution is -0.0222. The van der Waals surface area contributed by atoms with Crippen LogP contribution in [0.15, 0.2) is 53.4 Å². The average molecular weight is 360 g/mol. The van der Waals surface area contributed by atoms with Gasteiger partial charge >= 0.3 is 0 Å². The molecule has 132 valence electrons. The van der Waals surface area contributed by atoms with Gasteiger partial charge in [0.25, 0.3) is 10.0 Å². The van der Waals surface area contributed by atoms with Crippen molar-refractivity contribution in [2.45, 2.75) is 17.0 Å². The summed E-state index contributed by atoms with van der Waals surface area (Å²) in [5, 5.41) is 3.39. The van der Waals surface area contributed by atoms with Crippen LogP contribution < -0.4 is 14.4 Å². The van der Waals surface area contributed by atoms with Crippen molar-refractivity contribution in [3.8, 4) is 5.75 Å². The minimum absolute atomic E-state index is 0.249. The van der Waals surface area contributed by atoms with Gasteiger partial charge in [-0.05, 0) is 30.3 Å². The van der Waals surface area contributed by atoms with Crippen LogP contribution in [0.3, 0.4) is 0 Å². The molecule has 25 heavy (non-hydrogen) atoms. The molecule has 2 aliphatic heterocycles. The zero-order valence-corrected chi connectivity index (χ0v) is 14.8. The summed E-state index contributed by atoms with van der Waals surface area (Å²) in [5.74, 6) is 0.625. The Morgan fingerprint density at radius 2 is 1.92 bits per heavy atom. The topological polar surface area (TPSA) is 67.9 Å². The van der Waals surface area contributed by atoms with Gasteiger partial charge in [-0.15, -0.1) is 0 Å². The van der Waals surface area contributed by atoms with Crippen LogP contribution in [0.5, 0.6) is 5.75 Å². The van der Waals surface area contributed by atoms with Crippen molar-refractivity contribution >= 4 is 15.7 Å². The minimum atomic E-state index is -3.65. The highest BCUT2D eigenvalue weighted by atomic mass is 32.2. The number of nitrogens with zero attached hydrogens (tertiary/aromatic N) is 1. The maximum atomic E-state index is 13.2. The second-order valence-corrected chi connectivity index (χ2v) is 7.98. The summed E-state index contributed by atoms with van der Waals surface area (Å²) in [6.45, 7) is 1.75. The Morgan fingerprint density at radius 1 is 1.16 bits per heavy atom. The van der Waals surface area contributed by atoms with Gasteiger partial charge in [-0.2, -0.15) is 0 Å². The molecule has 2 aromatic carbocycles. The van der Waals surface area contributed by atoms with Gasteiger partial charge in [0, 0.05) is 25.1 Å². The molecule has 7 heteroatoms. The summed E-state index contributed by atoms with van der Waals surface area (Å²) in [7, 11) is -2.10. The Kier molecular flexibility index (Phi) is 3.94. The highest BCUT2D eigenvalue weighted by Crippen LogP contribution is 2.42. The summed E-state index contributed by atoms with van der Waals surface area (Å²) >= 11 is 0. The molecule has 6 nitrogen and oxygen atoms in total. The zero-order valence-electron chi connectivity index (χ0n) is 13.9. The van der Waals surface area contributed by atoms with Crippen LogP contribution in [0.4, 0.5) is 5.69 Å². The molecule has 0 aliphatic carbocycles. The number of nitrogens with one attached hydrogen (secondary N) is 1. The third kappa shape index (κ3) is 2.59. The first-order valence-electron chi connectivity index (χ1n) is 8.22. The number of anilines is 1. The fourth-order valence-corrected chi connectivity index (χ4v) is 5.02. The predicted molar refractivity (Wildman–Crippen MR) is 94.2 cm³/mol. The van der Waals surface area contributed by atoms with Crippen molar-refractivity contribution in [2.24, 2.45) is 0 Å². The molecular formula is C18H20N2O4S. The van der Waals surface area contributed by atoms with Crippen LogP contribution in [0.2, 0.25) is 0 Å². The molecule has 1 atom stereocenters. The number of hydrogen-bond acceptors (Lipinski definition) is 5. The number of ether oxygens (including phenoxy) is 2. The molecule has 0 amide bonds. The maximum Gasteiger partial charge on any atom is 0.264 e. The van der Waals surface area contributed by atoms with Crippen LogP contribution in [-0.2, 0) is 20.5 Å². The number of rotatable bonds is 3. The largest absolute Gasteiger partial charge is 0.497 e. The van der Waals surface area contributed by atoms with Crippen molar-refractivity contribution in [1.82, 2.24) is 5.32 Å². The smallest absolute Gasteiger partial charge is 0.264 e. The van der Waals surface area contributed by atoms with E-state index in [4.69, 9.17) is 9.47 Å². The SMILES string of the molecule is COc1ccc(S(=O)(=O)N2CC[C@]3(NCCO3)c3ccccc32)cc1. The van der Waals surface area contributed by atoms with Crippen LogP contribution in [0.25, 0.3) is 0 Å². The summed E-state index contributed by atoms with van der Waals surface area (Å²) in [6, 6.07) is 14.0. The van der Waals surface area contributed by atoms with Crippen molar-refractivity contribution in [2.75, 3.05) is 31.1 Å². The second kappa shape index (κ2) is 6.01. The molecule has 0 unspecified atom stereocenters. The van der Waals surface area contributed by atoms with E-state index in [9.17, 15) is 8.42 Å². The molecule has 1 fully saturated rings. The van der Waals surface area contributed by atoms with E-state index in [1.54, 1.807) is 31.4 Å². The minimum Gasteiger partial charge on any atom is -0.497 e. The second-order valence-electron chi connectivity index (χ2n) is 6.12. The third-order valence-corrected chi connectivity index (χ3v) is 6.61. The van der Waals surface area contributed by atoms with E-state index in [1.165, 1.54) is 4.31 Å². The lowest BCUT2D eigenvalue weighted by atomic mass is 9.94. The number of para-hydroxylation sites is 1. The van der Waals surface area contributed by atoms with Gasteiger partial charge in [0.1, 0.15) is 11.5 Å². The monoisotopic (exact) mass is 360 g/mol. The normalized spacial score (nSPS) is 22.8. The zero-order chi connectivity index (χ0) is 17.5. The number of hydrogen-bond donors (Lipinski definition) is 1. The Hall–Kier alpha value is -2.09. The lowest BCUT2D eigenvalue weighted by Gasteiger charge is -2.40. The van der Waals surface area contributed by atoms with Gasteiger partial charge in [-0.1, -0.05) is 18.2 Å². The van der Waals surface area contributed by atoms with E-state index in [0.29, 0.717) is 31.0 Å². The number of fused-ring (bicyclic) bond motifs is 2. The molecule has 0 radical (unpaired) electrons. The molecule has 1 N–H and O–H groups in total. The van der Waals surface area contributed by atoms with Gasteiger partial charge in [0.15, 0.2) is 0 Å². The molecule has 0 aromatic heterocycles. The van der Waals surface area contributed by atoms with Crippen LogP contribution in [0, 0.1) is 0 Å². The summed E-state index contributed by atoms with van der Waals surface area (Å²) < 4.78 is 38.9. The van der Waals surface area contributed by atoms with E-state index in [0.717, 1.165) is 12.1 Å². The quantitative estimate of drug-likeness (QED) is 0.908. The highest BCUT2D eigenvalue weighted by Gasteiger charge is 2.45. The average Bonchev–Trinajstić information content (AvgIpc) is 3.11. The predicted octanol–water partition coefficient (Wildman–Crippen LogP) is 2.07. The number of sulfonamides is 1.